The number of fused-ring (bicyclic) bond motifs is 2. The highest BCUT2D eigenvalue weighted by molar-refractivity contribution is 6.36. The van der Waals surface area contributed by atoms with Gasteiger partial charge in [-0.05, 0) is 43.6 Å². The first kappa shape index (κ1) is 19.9. The molecule has 1 unspecified atom stereocenters. The first-order chi connectivity index (χ1) is 15.1. The lowest BCUT2D eigenvalue weighted by Crippen LogP contribution is -2.45. The van der Waals surface area contributed by atoms with Crippen molar-refractivity contribution < 1.29 is 0 Å². The number of benzene rings is 1. The van der Waals surface area contributed by atoms with Crippen molar-refractivity contribution in [2.24, 2.45) is 0 Å². The average Bonchev–Trinajstić information content (AvgIpc) is 2.79. The van der Waals surface area contributed by atoms with Crippen molar-refractivity contribution in [3.05, 3.63) is 59.6 Å². The van der Waals surface area contributed by atoms with Crippen molar-refractivity contribution in [3.63, 3.8) is 0 Å². The van der Waals surface area contributed by atoms with Crippen LogP contribution in [0.25, 0.3) is 21.8 Å². The summed E-state index contributed by atoms with van der Waals surface area (Å²) in [7, 11) is 2.15. The zero-order valence-electron chi connectivity index (χ0n) is 17.6. The number of pyridine rings is 2. The second-order valence-corrected chi connectivity index (χ2v) is 8.37. The second kappa shape index (κ2) is 8.24. The summed E-state index contributed by atoms with van der Waals surface area (Å²) in [6.07, 6.45) is 3.31. The topological polar surface area (TPSA) is 70.1 Å². The molecule has 5 rings (SSSR count). The van der Waals surface area contributed by atoms with Crippen molar-refractivity contribution in [2.45, 2.75) is 13.0 Å². The Hall–Kier alpha value is -3.03. The number of likely N-dealkylation sites (N-methyl/N-ethyl adjacent to an activating group) is 1. The molecule has 0 bridgehead atoms. The Morgan fingerprint density at radius 1 is 1.03 bits per heavy atom. The summed E-state index contributed by atoms with van der Waals surface area (Å²) in [5.41, 5.74) is 2.50. The van der Waals surface area contributed by atoms with E-state index in [4.69, 9.17) is 16.6 Å². The summed E-state index contributed by atoms with van der Waals surface area (Å²) < 4.78 is 0. The molecule has 1 saturated heterocycles. The van der Waals surface area contributed by atoms with Gasteiger partial charge in [-0.3, -0.25) is 4.98 Å². The molecule has 1 fully saturated rings. The van der Waals surface area contributed by atoms with Crippen LogP contribution < -0.4 is 10.2 Å². The van der Waals surface area contributed by atoms with Crippen molar-refractivity contribution in [1.82, 2.24) is 24.8 Å². The van der Waals surface area contributed by atoms with E-state index in [-0.39, 0.29) is 6.04 Å². The van der Waals surface area contributed by atoms with Gasteiger partial charge in [0.2, 0.25) is 0 Å². The third-order valence-corrected chi connectivity index (χ3v) is 6.12. The van der Waals surface area contributed by atoms with Gasteiger partial charge in [0.25, 0.3) is 0 Å². The number of halogens is 1. The second-order valence-electron chi connectivity index (χ2n) is 7.96. The van der Waals surface area contributed by atoms with Crippen LogP contribution in [0.4, 0.5) is 11.6 Å². The van der Waals surface area contributed by atoms with Crippen molar-refractivity contribution in [3.8, 4) is 0 Å². The summed E-state index contributed by atoms with van der Waals surface area (Å²) in [6.45, 7) is 5.95. The van der Waals surface area contributed by atoms with Crippen LogP contribution in [0.3, 0.4) is 0 Å². The van der Waals surface area contributed by atoms with E-state index in [0.717, 1.165) is 64.5 Å². The lowest BCUT2D eigenvalue weighted by atomic mass is 10.1. The number of piperazine rings is 1. The molecule has 0 aliphatic carbocycles. The summed E-state index contributed by atoms with van der Waals surface area (Å²) in [6, 6.07) is 11.9. The van der Waals surface area contributed by atoms with E-state index >= 15 is 0 Å². The highest BCUT2D eigenvalue weighted by Crippen LogP contribution is 2.34. The quantitative estimate of drug-likeness (QED) is 0.518. The van der Waals surface area contributed by atoms with Crippen LogP contribution in [0.15, 0.2) is 48.9 Å². The Morgan fingerprint density at radius 2 is 1.87 bits per heavy atom. The van der Waals surface area contributed by atoms with Gasteiger partial charge in [0.05, 0.1) is 22.3 Å². The van der Waals surface area contributed by atoms with Crippen LogP contribution >= 0.6 is 11.6 Å². The van der Waals surface area contributed by atoms with Crippen LogP contribution in [0.2, 0.25) is 5.02 Å². The van der Waals surface area contributed by atoms with Crippen LogP contribution in [0.5, 0.6) is 0 Å². The zero-order chi connectivity index (χ0) is 21.4. The molecule has 4 aromatic rings. The number of hydrogen-bond donors (Lipinski definition) is 1. The van der Waals surface area contributed by atoms with Crippen LogP contribution in [0.1, 0.15) is 18.7 Å². The molecule has 158 valence electrons. The number of hydrogen-bond acceptors (Lipinski definition) is 7. The first-order valence-electron chi connectivity index (χ1n) is 10.4. The molecule has 1 N–H and O–H groups in total. The molecule has 0 spiro atoms. The van der Waals surface area contributed by atoms with Gasteiger partial charge in [-0.25, -0.2) is 15.0 Å². The molecule has 8 heteroatoms. The van der Waals surface area contributed by atoms with Crippen LogP contribution in [-0.2, 0) is 0 Å². The zero-order valence-corrected chi connectivity index (χ0v) is 18.3. The van der Waals surface area contributed by atoms with Gasteiger partial charge in [-0.1, -0.05) is 23.7 Å². The van der Waals surface area contributed by atoms with E-state index in [0.29, 0.717) is 5.82 Å². The summed E-state index contributed by atoms with van der Waals surface area (Å²) in [4.78, 5) is 22.9. The lowest BCUT2D eigenvalue weighted by Gasteiger charge is -2.34. The molecular formula is C23H24ClN7. The molecule has 7 nitrogen and oxygen atoms in total. The van der Waals surface area contributed by atoms with E-state index in [2.05, 4.69) is 56.2 Å². The average molecular weight is 434 g/mol. The number of nitrogens with one attached hydrogen (secondary N) is 1. The molecule has 0 amide bonds. The molecule has 1 atom stereocenters. The smallest absolute Gasteiger partial charge is 0.156 e. The van der Waals surface area contributed by atoms with Crippen molar-refractivity contribution in [2.75, 3.05) is 43.4 Å². The monoisotopic (exact) mass is 433 g/mol. The fourth-order valence-electron chi connectivity index (χ4n) is 4.01. The highest BCUT2D eigenvalue weighted by atomic mass is 35.5. The van der Waals surface area contributed by atoms with Gasteiger partial charge < -0.3 is 15.1 Å². The Balaban J connectivity index is 1.55. The molecule has 1 aliphatic rings. The SMILES string of the molecule is CC(Nc1ncnc2cccnc12)c1cc2cccc(Cl)c2c(N2CCN(C)CC2)n1. The molecule has 0 saturated carbocycles. The van der Waals surface area contributed by atoms with Gasteiger partial charge in [0.1, 0.15) is 17.7 Å². The third kappa shape index (κ3) is 3.86. The number of rotatable bonds is 4. The highest BCUT2D eigenvalue weighted by Gasteiger charge is 2.21. The van der Waals surface area contributed by atoms with E-state index in [1.165, 1.54) is 0 Å². The van der Waals surface area contributed by atoms with E-state index in [1.807, 2.05) is 24.3 Å². The Morgan fingerprint density at radius 3 is 2.71 bits per heavy atom. The molecular weight excluding hydrogens is 410 g/mol. The largest absolute Gasteiger partial charge is 0.360 e. The fourth-order valence-corrected chi connectivity index (χ4v) is 4.28. The normalized spacial score (nSPS) is 16.0. The maximum absolute atomic E-state index is 6.62. The summed E-state index contributed by atoms with van der Waals surface area (Å²) in [5.74, 6) is 1.65. The minimum absolute atomic E-state index is 0.0744. The maximum atomic E-state index is 6.62. The maximum Gasteiger partial charge on any atom is 0.156 e. The molecule has 1 aliphatic heterocycles. The predicted octanol–water partition coefficient (Wildman–Crippen LogP) is 4.15. The Kier molecular flexibility index (Phi) is 5.29. The minimum Gasteiger partial charge on any atom is -0.360 e. The predicted molar refractivity (Wildman–Crippen MR) is 126 cm³/mol. The van der Waals surface area contributed by atoms with E-state index in [9.17, 15) is 0 Å². The van der Waals surface area contributed by atoms with E-state index < -0.39 is 0 Å². The van der Waals surface area contributed by atoms with Crippen LogP contribution in [0, 0.1) is 0 Å². The lowest BCUT2D eigenvalue weighted by molar-refractivity contribution is 0.312. The van der Waals surface area contributed by atoms with Gasteiger partial charge >= 0.3 is 0 Å². The Bertz CT molecular complexity index is 1230. The molecule has 1 aromatic carbocycles. The third-order valence-electron chi connectivity index (χ3n) is 5.80. The molecule has 0 radical (unpaired) electrons. The molecule has 4 heterocycles. The van der Waals surface area contributed by atoms with Gasteiger partial charge in [0, 0.05) is 37.8 Å². The fraction of sp³-hybridized carbons (Fsp3) is 0.304. The number of anilines is 2. The standard InChI is InChI=1S/C23H24ClN7/c1-15(28-22-21-18(26-14-27-22)7-4-8-25-21)19-13-16-5-3-6-17(24)20(16)23(29-19)31-11-9-30(2)10-12-31/h3-8,13-15H,9-12H2,1-2H3,(H,26,27,28). The van der Waals surface area contributed by atoms with Crippen molar-refractivity contribution >= 4 is 45.0 Å². The number of aromatic nitrogens is 4. The van der Waals surface area contributed by atoms with Crippen LogP contribution in [-0.4, -0.2) is 58.1 Å². The minimum atomic E-state index is -0.0744. The first-order valence-corrected chi connectivity index (χ1v) is 10.8. The van der Waals surface area contributed by atoms with Gasteiger partial charge in [-0.15, -0.1) is 0 Å². The molecule has 31 heavy (non-hydrogen) atoms. The van der Waals surface area contributed by atoms with Gasteiger partial charge in [-0.2, -0.15) is 0 Å². The molecule has 3 aromatic heterocycles. The van der Waals surface area contributed by atoms with Crippen molar-refractivity contribution in [1.29, 1.82) is 0 Å². The summed E-state index contributed by atoms with van der Waals surface area (Å²) in [5, 5.41) is 6.32. The number of nitrogens with zero attached hydrogens (tertiary/aromatic N) is 6. The Labute approximate surface area is 186 Å². The van der Waals surface area contributed by atoms with Gasteiger partial charge in [0.15, 0.2) is 5.82 Å². The van der Waals surface area contributed by atoms with E-state index in [1.54, 1.807) is 12.5 Å². The summed E-state index contributed by atoms with van der Waals surface area (Å²) >= 11 is 6.62.